The van der Waals surface area contributed by atoms with Crippen LogP contribution < -0.4 is 5.73 Å². The highest BCUT2D eigenvalue weighted by Crippen LogP contribution is 2.63. The summed E-state index contributed by atoms with van der Waals surface area (Å²) in [5.74, 6) is -1.87. The number of hydrogen-bond acceptors (Lipinski definition) is 4. The average Bonchev–Trinajstić information content (AvgIpc) is 3.28. The Labute approximate surface area is 145 Å². The molecule has 7 heteroatoms. The van der Waals surface area contributed by atoms with Gasteiger partial charge in [-0.05, 0) is 29.8 Å². The van der Waals surface area contributed by atoms with Gasteiger partial charge in [-0.25, -0.2) is 8.42 Å². The van der Waals surface area contributed by atoms with Gasteiger partial charge >= 0.3 is 5.97 Å². The minimum absolute atomic E-state index is 0.0504. The fraction of sp³-hybridized carbons (Fsp3) is 0.235. The standard InChI is InChI=1S/C17H16ClNO4S/c18-12-6-8-13(9-7-12)24(22,23)15-14(11-4-2-1-3-5-11)17(15,10-19)16(20)21/h1-9,14-15H,10,19H2,(H,20,21)/t14-,15+,17+/m1/s1. The quantitative estimate of drug-likeness (QED) is 0.847. The fourth-order valence-corrected chi connectivity index (χ4v) is 5.86. The number of carbonyl (C=O) groups is 1. The molecule has 0 aromatic heterocycles. The Balaban J connectivity index is 2.11. The number of halogens is 1. The van der Waals surface area contributed by atoms with E-state index < -0.39 is 32.4 Å². The summed E-state index contributed by atoms with van der Waals surface area (Å²) in [5.41, 5.74) is 4.87. The van der Waals surface area contributed by atoms with Crippen LogP contribution >= 0.6 is 11.6 Å². The summed E-state index contributed by atoms with van der Waals surface area (Å²) in [4.78, 5) is 11.9. The molecule has 3 N–H and O–H groups in total. The molecule has 3 rings (SSSR count). The van der Waals surface area contributed by atoms with Gasteiger partial charge in [-0.2, -0.15) is 0 Å². The van der Waals surface area contributed by atoms with E-state index >= 15 is 0 Å². The molecule has 2 aromatic carbocycles. The average molecular weight is 366 g/mol. The van der Waals surface area contributed by atoms with Crippen molar-refractivity contribution in [3.8, 4) is 0 Å². The maximum absolute atomic E-state index is 13.0. The lowest BCUT2D eigenvalue weighted by atomic mass is 9.99. The molecule has 0 saturated heterocycles. The molecule has 3 atom stereocenters. The van der Waals surface area contributed by atoms with Crippen molar-refractivity contribution in [1.29, 1.82) is 0 Å². The third kappa shape index (κ3) is 2.42. The van der Waals surface area contributed by atoms with Crippen LogP contribution in [0.15, 0.2) is 59.5 Å². The predicted octanol–water partition coefficient (Wildman–Crippen LogP) is 2.31. The zero-order valence-electron chi connectivity index (χ0n) is 12.6. The molecule has 0 aliphatic heterocycles. The summed E-state index contributed by atoms with van der Waals surface area (Å²) in [7, 11) is -3.86. The maximum Gasteiger partial charge on any atom is 0.312 e. The molecular weight excluding hydrogens is 350 g/mol. The van der Waals surface area contributed by atoms with E-state index in [4.69, 9.17) is 17.3 Å². The summed E-state index contributed by atoms with van der Waals surface area (Å²) >= 11 is 5.81. The minimum Gasteiger partial charge on any atom is -0.481 e. The van der Waals surface area contributed by atoms with Crippen LogP contribution in [0.4, 0.5) is 0 Å². The molecule has 1 aliphatic carbocycles. The minimum atomic E-state index is -3.86. The zero-order chi connectivity index (χ0) is 17.5. The summed E-state index contributed by atoms with van der Waals surface area (Å²) in [6.07, 6.45) is 0. The molecule has 0 amide bonds. The molecule has 5 nitrogen and oxygen atoms in total. The van der Waals surface area contributed by atoms with Gasteiger partial charge in [0.15, 0.2) is 9.84 Å². The molecule has 0 spiro atoms. The van der Waals surface area contributed by atoms with Crippen molar-refractivity contribution in [1.82, 2.24) is 0 Å². The number of sulfone groups is 1. The lowest BCUT2D eigenvalue weighted by molar-refractivity contribution is -0.143. The molecule has 1 fully saturated rings. The van der Waals surface area contributed by atoms with E-state index in [0.29, 0.717) is 10.6 Å². The van der Waals surface area contributed by atoms with Crippen LogP contribution in [-0.2, 0) is 14.6 Å². The van der Waals surface area contributed by atoms with Gasteiger partial charge in [0.25, 0.3) is 0 Å². The van der Waals surface area contributed by atoms with E-state index in [0.717, 1.165) is 0 Å². The third-order valence-corrected chi connectivity index (χ3v) is 7.17. The second-order valence-electron chi connectivity index (χ2n) is 5.86. The van der Waals surface area contributed by atoms with E-state index in [1.54, 1.807) is 30.3 Å². The van der Waals surface area contributed by atoms with Crippen molar-refractivity contribution in [3.63, 3.8) is 0 Å². The van der Waals surface area contributed by atoms with Crippen LogP contribution in [0, 0.1) is 5.41 Å². The topological polar surface area (TPSA) is 97.5 Å². The van der Waals surface area contributed by atoms with Crippen molar-refractivity contribution in [2.75, 3.05) is 6.54 Å². The van der Waals surface area contributed by atoms with Crippen LogP contribution in [-0.4, -0.2) is 31.3 Å². The molecule has 0 heterocycles. The Kier molecular flexibility index (Phi) is 4.15. The molecule has 0 radical (unpaired) electrons. The maximum atomic E-state index is 13.0. The lowest BCUT2D eigenvalue weighted by Crippen LogP contribution is -2.31. The highest BCUT2D eigenvalue weighted by Gasteiger charge is 2.75. The number of benzene rings is 2. The Morgan fingerprint density at radius 2 is 1.71 bits per heavy atom. The molecule has 2 aromatic rings. The Morgan fingerprint density at radius 1 is 1.12 bits per heavy atom. The first kappa shape index (κ1) is 17.0. The first-order valence-corrected chi connectivity index (χ1v) is 9.26. The van der Waals surface area contributed by atoms with Gasteiger partial charge in [0, 0.05) is 17.5 Å². The van der Waals surface area contributed by atoms with E-state index in [1.165, 1.54) is 24.3 Å². The highest BCUT2D eigenvalue weighted by molar-refractivity contribution is 7.92. The number of carboxylic acids is 1. The first-order valence-electron chi connectivity index (χ1n) is 7.33. The number of hydrogen-bond donors (Lipinski definition) is 2. The van der Waals surface area contributed by atoms with Gasteiger partial charge in [0.2, 0.25) is 0 Å². The fourth-order valence-electron chi connectivity index (χ4n) is 3.35. The van der Waals surface area contributed by atoms with Crippen LogP contribution in [0.1, 0.15) is 11.5 Å². The van der Waals surface area contributed by atoms with Gasteiger partial charge in [-0.3, -0.25) is 4.79 Å². The van der Waals surface area contributed by atoms with E-state index in [1.807, 2.05) is 0 Å². The number of aliphatic carboxylic acids is 1. The molecule has 0 unspecified atom stereocenters. The number of nitrogens with two attached hydrogens (primary N) is 1. The van der Waals surface area contributed by atoms with Gasteiger partial charge in [0.05, 0.1) is 10.1 Å². The Bertz CT molecular complexity index is 867. The highest BCUT2D eigenvalue weighted by atomic mass is 35.5. The van der Waals surface area contributed by atoms with Crippen molar-refractivity contribution in [2.45, 2.75) is 16.1 Å². The van der Waals surface area contributed by atoms with Crippen LogP contribution in [0.3, 0.4) is 0 Å². The number of carboxylic acid groups (broad SMARTS) is 1. The zero-order valence-corrected chi connectivity index (χ0v) is 14.2. The van der Waals surface area contributed by atoms with Crippen molar-refractivity contribution in [3.05, 3.63) is 65.2 Å². The monoisotopic (exact) mass is 365 g/mol. The molecule has 24 heavy (non-hydrogen) atoms. The van der Waals surface area contributed by atoms with E-state index in [-0.39, 0.29) is 11.4 Å². The second-order valence-corrected chi connectivity index (χ2v) is 8.36. The molecule has 126 valence electrons. The van der Waals surface area contributed by atoms with Gasteiger partial charge < -0.3 is 10.8 Å². The summed E-state index contributed by atoms with van der Waals surface area (Å²) < 4.78 is 26.0. The Hall–Kier alpha value is -1.89. The third-order valence-electron chi connectivity index (χ3n) is 4.63. The predicted molar refractivity (Wildman–Crippen MR) is 90.7 cm³/mol. The normalized spacial score (nSPS) is 26.1. The molecule has 1 saturated carbocycles. The van der Waals surface area contributed by atoms with Crippen molar-refractivity contribution < 1.29 is 18.3 Å². The summed E-state index contributed by atoms with van der Waals surface area (Å²) in [6.45, 7) is -0.251. The molecule has 1 aliphatic rings. The SMILES string of the molecule is NC[C@]1(C(=O)O)[C@H](c2ccccc2)[C@@H]1S(=O)(=O)c1ccc(Cl)cc1. The summed E-state index contributed by atoms with van der Waals surface area (Å²) in [6, 6.07) is 14.5. The summed E-state index contributed by atoms with van der Waals surface area (Å²) in [5, 5.41) is 9.00. The van der Waals surface area contributed by atoms with Crippen molar-refractivity contribution in [2.24, 2.45) is 11.1 Å². The van der Waals surface area contributed by atoms with Crippen molar-refractivity contribution >= 4 is 27.4 Å². The van der Waals surface area contributed by atoms with Gasteiger partial charge in [0.1, 0.15) is 5.41 Å². The van der Waals surface area contributed by atoms with E-state index in [2.05, 4.69) is 0 Å². The van der Waals surface area contributed by atoms with E-state index in [9.17, 15) is 18.3 Å². The smallest absolute Gasteiger partial charge is 0.312 e. The number of rotatable bonds is 5. The second kappa shape index (κ2) is 5.88. The molecular formula is C17H16ClNO4S. The van der Waals surface area contributed by atoms with Gasteiger partial charge in [-0.15, -0.1) is 0 Å². The largest absolute Gasteiger partial charge is 0.481 e. The Morgan fingerprint density at radius 3 is 2.21 bits per heavy atom. The van der Waals surface area contributed by atoms with Crippen LogP contribution in [0.2, 0.25) is 5.02 Å². The van der Waals surface area contributed by atoms with Crippen LogP contribution in [0.5, 0.6) is 0 Å². The van der Waals surface area contributed by atoms with Gasteiger partial charge in [-0.1, -0.05) is 41.9 Å². The molecule has 0 bridgehead atoms. The van der Waals surface area contributed by atoms with Crippen LogP contribution in [0.25, 0.3) is 0 Å². The lowest BCUT2D eigenvalue weighted by Gasteiger charge is -2.10. The first-order chi connectivity index (χ1) is 11.4.